The van der Waals surface area contributed by atoms with E-state index in [0.29, 0.717) is 0 Å². The maximum absolute atomic E-state index is 4.49. The predicted molar refractivity (Wildman–Crippen MR) is 84.7 cm³/mol. The Morgan fingerprint density at radius 1 is 1.33 bits per heavy atom. The highest BCUT2D eigenvalue weighted by atomic mass is 32.1. The van der Waals surface area contributed by atoms with Crippen LogP contribution in [0.25, 0.3) is 5.65 Å². The molecular weight excluding hydrogens is 282 g/mol. The molecule has 0 spiro atoms. The molecule has 0 amide bonds. The number of nitrogens with zero attached hydrogens (tertiary/aromatic N) is 4. The summed E-state index contributed by atoms with van der Waals surface area (Å²) in [4.78, 5) is 8.79. The Morgan fingerprint density at radius 2 is 2.19 bits per heavy atom. The molecule has 3 aromatic heterocycles. The predicted octanol–water partition coefficient (Wildman–Crippen LogP) is 2.70. The lowest BCUT2D eigenvalue weighted by Crippen LogP contribution is -2.23. The van der Waals surface area contributed by atoms with Crippen LogP contribution < -0.4 is 5.32 Å². The molecule has 1 atom stereocenters. The van der Waals surface area contributed by atoms with Crippen LogP contribution in [0.4, 0.5) is 0 Å². The van der Waals surface area contributed by atoms with E-state index in [1.54, 1.807) is 11.3 Å². The molecule has 0 radical (unpaired) electrons. The SMILES string of the molecule is Cc1cc2ncc(C(C)NCCc3nccs3)c(C)n2n1. The Kier molecular flexibility index (Phi) is 3.98. The highest BCUT2D eigenvalue weighted by Crippen LogP contribution is 2.18. The van der Waals surface area contributed by atoms with Gasteiger partial charge in [0.2, 0.25) is 0 Å². The van der Waals surface area contributed by atoms with Crippen LogP contribution in [0.2, 0.25) is 0 Å². The summed E-state index contributed by atoms with van der Waals surface area (Å²) in [5.74, 6) is 0. The molecule has 1 unspecified atom stereocenters. The fourth-order valence-corrected chi connectivity index (χ4v) is 3.10. The normalized spacial score (nSPS) is 12.9. The highest BCUT2D eigenvalue weighted by Gasteiger charge is 2.12. The van der Waals surface area contributed by atoms with Gasteiger partial charge in [-0.15, -0.1) is 11.3 Å². The number of hydrogen-bond donors (Lipinski definition) is 1. The molecule has 3 rings (SSSR count). The van der Waals surface area contributed by atoms with Crippen molar-refractivity contribution in [3.8, 4) is 0 Å². The van der Waals surface area contributed by atoms with Crippen LogP contribution >= 0.6 is 11.3 Å². The molecule has 3 heterocycles. The summed E-state index contributed by atoms with van der Waals surface area (Å²) < 4.78 is 1.92. The fourth-order valence-electron chi connectivity index (χ4n) is 2.48. The Bertz CT molecular complexity index is 732. The van der Waals surface area contributed by atoms with Gasteiger partial charge in [-0.1, -0.05) is 0 Å². The van der Waals surface area contributed by atoms with Gasteiger partial charge >= 0.3 is 0 Å². The van der Waals surface area contributed by atoms with Gasteiger partial charge in [0.1, 0.15) is 0 Å². The number of aromatic nitrogens is 4. The maximum atomic E-state index is 4.49. The van der Waals surface area contributed by atoms with Gasteiger partial charge < -0.3 is 5.32 Å². The second-order valence-electron chi connectivity index (χ2n) is 5.21. The lowest BCUT2D eigenvalue weighted by atomic mass is 10.1. The van der Waals surface area contributed by atoms with Crippen molar-refractivity contribution in [1.29, 1.82) is 0 Å². The van der Waals surface area contributed by atoms with Crippen molar-refractivity contribution in [3.05, 3.63) is 45.8 Å². The molecule has 0 aliphatic carbocycles. The summed E-state index contributed by atoms with van der Waals surface area (Å²) in [7, 11) is 0. The first-order valence-electron chi connectivity index (χ1n) is 7.09. The van der Waals surface area contributed by atoms with Crippen molar-refractivity contribution in [2.75, 3.05) is 6.54 Å². The van der Waals surface area contributed by atoms with Crippen LogP contribution in [-0.4, -0.2) is 26.1 Å². The van der Waals surface area contributed by atoms with Gasteiger partial charge in [-0.25, -0.2) is 14.5 Å². The molecule has 0 bridgehead atoms. The summed E-state index contributed by atoms with van der Waals surface area (Å²) >= 11 is 1.70. The average Bonchev–Trinajstić information content (AvgIpc) is 3.08. The number of thiazole rings is 1. The summed E-state index contributed by atoms with van der Waals surface area (Å²) in [5, 5.41) is 11.2. The van der Waals surface area contributed by atoms with Crippen molar-refractivity contribution < 1.29 is 0 Å². The molecule has 5 nitrogen and oxygen atoms in total. The van der Waals surface area contributed by atoms with E-state index in [4.69, 9.17) is 0 Å². The third kappa shape index (κ3) is 2.96. The molecular formula is C15H19N5S. The Hall–Kier alpha value is -1.79. The first-order valence-corrected chi connectivity index (χ1v) is 7.97. The minimum atomic E-state index is 0.242. The average molecular weight is 301 g/mol. The van der Waals surface area contributed by atoms with Gasteiger partial charge in [-0.3, -0.25) is 0 Å². The minimum absolute atomic E-state index is 0.242. The molecule has 0 aromatic carbocycles. The van der Waals surface area contributed by atoms with Crippen LogP contribution in [0.1, 0.15) is 34.9 Å². The van der Waals surface area contributed by atoms with Crippen LogP contribution in [-0.2, 0) is 6.42 Å². The Balaban J connectivity index is 1.71. The fraction of sp³-hybridized carbons (Fsp3) is 0.400. The summed E-state index contributed by atoms with van der Waals surface area (Å²) in [6, 6.07) is 2.24. The monoisotopic (exact) mass is 301 g/mol. The molecule has 3 aromatic rings. The molecule has 0 fully saturated rings. The number of rotatable bonds is 5. The van der Waals surface area contributed by atoms with Crippen LogP contribution in [0.3, 0.4) is 0 Å². The van der Waals surface area contributed by atoms with E-state index in [0.717, 1.165) is 30.0 Å². The Labute approximate surface area is 128 Å². The molecule has 21 heavy (non-hydrogen) atoms. The van der Waals surface area contributed by atoms with Crippen LogP contribution in [0.15, 0.2) is 23.8 Å². The standard InChI is InChI=1S/C15H19N5S/c1-10-8-14-18-9-13(12(3)20(14)19-10)11(2)16-5-4-15-17-6-7-21-15/h6-9,11,16H,4-5H2,1-3H3. The summed E-state index contributed by atoms with van der Waals surface area (Å²) in [6.07, 6.45) is 4.76. The topological polar surface area (TPSA) is 55.1 Å². The number of fused-ring (bicyclic) bond motifs is 1. The quantitative estimate of drug-likeness (QED) is 0.787. The largest absolute Gasteiger partial charge is 0.310 e. The van der Waals surface area contributed by atoms with E-state index in [-0.39, 0.29) is 6.04 Å². The van der Waals surface area contributed by atoms with Crippen molar-refractivity contribution in [2.24, 2.45) is 0 Å². The number of aryl methyl sites for hydroxylation is 2. The zero-order chi connectivity index (χ0) is 14.8. The van der Waals surface area contributed by atoms with E-state index in [9.17, 15) is 0 Å². The van der Waals surface area contributed by atoms with Gasteiger partial charge in [-0.2, -0.15) is 5.10 Å². The van der Waals surface area contributed by atoms with Gasteiger partial charge in [0.25, 0.3) is 0 Å². The minimum Gasteiger partial charge on any atom is -0.310 e. The molecule has 0 aliphatic rings. The van der Waals surface area contributed by atoms with E-state index in [2.05, 4.69) is 34.2 Å². The van der Waals surface area contributed by atoms with E-state index in [1.807, 2.05) is 35.3 Å². The third-order valence-corrected chi connectivity index (χ3v) is 4.46. The maximum Gasteiger partial charge on any atom is 0.155 e. The van der Waals surface area contributed by atoms with Gasteiger partial charge in [0.05, 0.1) is 10.7 Å². The van der Waals surface area contributed by atoms with Crippen molar-refractivity contribution >= 4 is 17.0 Å². The van der Waals surface area contributed by atoms with Crippen molar-refractivity contribution in [1.82, 2.24) is 24.9 Å². The van der Waals surface area contributed by atoms with E-state index >= 15 is 0 Å². The molecule has 110 valence electrons. The zero-order valence-corrected chi connectivity index (χ0v) is 13.3. The number of hydrogen-bond acceptors (Lipinski definition) is 5. The smallest absolute Gasteiger partial charge is 0.155 e. The molecule has 6 heteroatoms. The molecule has 0 aliphatic heterocycles. The van der Waals surface area contributed by atoms with Gasteiger partial charge in [0, 0.05) is 54.1 Å². The van der Waals surface area contributed by atoms with Gasteiger partial charge in [0.15, 0.2) is 5.65 Å². The van der Waals surface area contributed by atoms with Crippen LogP contribution in [0.5, 0.6) is 0 Å². The third-order valence-electron chi connectivity index (χ3n) is 3.62. The lowest BCUT2D eigenvalue weighted by molar-refractivity contribution is 0.567. The molecule has 1 N–H and O–H groups in total. The van der Waals surface area contributed by atoms with E-state index in [1.165, 1.54) is 10.6 Å². The lowest BCUT2D eigenvalue weighted by Gasteiger charge is -2.16. The molecule has 0 saturated carbocycles. The highest BCUT2D eigenvalue weighted by molar-refractivity contribution is 7.09. The summed E-state index contributed by atoms with van der Waals surface area (Å²) in [5.41, 5.74) is 4.22. The van der Waals surface area contributed by atoms with E-state index < -0.39 is 0 Å². The second kappa shape index (κ2) is 5.91. The second-order valence-corrected chi connectivity index (χ2v) is 6.19. The first-order chi connectivity index (χ1) is 10.1. The van der Waals surface area contributed by atoms with Crippen molar-refractivity contribution in [3.63, 3.8) is 0 Å². The molecule has 0 saturated heterocycles. The van der Waals surface area contributed by atoms with Crippen molar-refractivity contribution in [2.45, 2.75) is 33.2 Å². The summed E-state index contributed by atoms with van der Waals surface area (Å²) in [6.45, 7) is 7.15. The first kappa shape index (κ1) is 14.2. The Morgan fingerprint density at radius 3 is 2.95 bits per heavy atom. The van der Waals surface area contributed by atoms with Gasteiger partial charge in [-0.05, 0) is 20.8 Å². The zero-order valence-electron chi connectivity index (χ0n) is 12.5. The van der Waals surface area contributed by atoms with Crippen LogP contribution in [0, 0.1) is 13.8 Å². The number of nitrogens with one attached hydrogen (secondary N) is 1.